The van der Waals surface area contributed by atoms with Crippen molar-refractivity contribution in [3.8, 4) is 0 Å². The third kappa shape index (κ3) is 72.2. The van der Waals surface area contributed by atoms with Gasteiger partial charge in [0.25, 0.3) is 0 Å². The Labute approximate surface area is 594 Å². The molecule has 0 aromatic heterocycles. The zero-order chi connectivity index (χ0) is 71.2. The van der Waals surface area contributed by atoms with E-state index in [0.29, 0.717) is 25.7 Å². The van der Waals surface area contributed by atoms with E-state index in [0.717, 1.165) is 109 Å². The van der Waals surface area contributed by atoms with Crippen LogP contribution in [0.5, 0.6) is 0 Å². The van der Waals surface area contributed by atoms with Crippen molar-refractivity contribution in [3.63, 3.8) is 0 Å². The Morgan fingerprint density at radius 2 is 0.474 bits per heavy atom. The minimum Gasteiger partial charge on any atom is -0.462 e. The average Bonchev–Trinajstić information content (AvgIpc) is 1.30. The SMILES string of the molecule is CCCCCCCCCCCCCCCCCCCCCCCC(=O)O[C@H](COC(=O)CCCCCCCCCCCCCCCCCCC)COP(=O)(O)OC[C@@H](O)COP(=O)(O)OC[C@@H](COC(=O)CCCCCCCCC)OC(=O)CCCCCCCCCCCC(C)C. The second-order valence-corrected chi connectivity index (χ2v) is 31.5. The number of hydrogen-bond acceptors (Lipinski definition) is 15. The quantitative estimate of drug-likeness (QED) is 0.0222. The van der Waals surface area contributed by atoms with Gasteiger partial charge in [0.2, 0.25) is 0 Å². The standard InChI is InChI=1S/C78H152O17P2/c1-6-9-12-15-18-20-22-24-26-28-29-30-31-33-35-37-39-43-48-53-58-63-77(82)95-74(68-89-76(81)62-57-52-47-42-38-36-34-32-27-25-23-21-19-16-13-10-7-2)70-93-97(86,87)91-66-72(79)65-90-96(84,85)92-69-73(67-88-75(80)61-56-51-45-17-14-11-8-3)94-78(83)64-59-54-49-44-40-41-46-50-55-60-71(4)5/h71-74,79H,6-70H2,1-5H3,(H,84,85)(H,86,87)/t72-,73+,74+/m0/s1. The summed E-state index contributed by atoms with van der Waals surface area (Å²) in [5, 5.41) is 10.6. The molecule has 0 aromatic rings. The molecule has 0 rings (SSSR count). The highest BCUT2D eigenvalue weighted by molar-refractivity contribution is 7.47. The Morgan fingerprint density at radius 1 is 0.278 bits per heavy atom. The number of phosphoric acid groups is 2. The van der Waals surface area contributed by atoms with Crippen LogP contribution in [-0.2, 0) is 65.4 Å². The second kappa shape index (κ2) is 71.1. The Morgan fingerprint density at radius 3 is 0.701 bits per heavy atom. The van der Waals surface area contributed by atoms with Crippen LogP contribution in [-0.4, -0.2) is 96.7 Å². The maximum Gasteiger partial charge on any atom is 0.472 e. The van der Waals surface area contributed by atoms with Gasteiger partial charge in [0.15, 0.2) is 12.2 Å². The maximum absolute atomic E-state index is 13.1. The highest BCUT2D eigenvalue weighted by Crippen LogP contribution is 2.45. The summed E-state index contributed by atoms with van der Waals surface area (Å²) in [6, 6.07) is 0. The fraction of sp³-hybridized carbons (Fsp3) is 0.949. The van der Waals surface area contributed by atoms with Gasteiger partial charge in [-0.25, -0.2) is 9.13 Å². The molecule has 0 saturated carbocycles. The molecule has 2 unspecified atom stereocenters. The maximum atomic E-state index is 13.1. The minimum atomic E-state index is -4.96. The molecular weight excluding hydrogens is 1270 g/mol. The fourth-order valence-electron chi connectivity index (χ4n) is 12.1. The molecule has 5 atom stereocenters. The first-order chi connectivity index (χ1) is 47.0. The first-order valence-electron chi connectivity index (χ1n) is 40.6. The van der Waals surface area contributed by atoms with Gasteiger partial charge in [-0.2, -0.15) is 0 Å². The lowest BCUT2D eigenvalue weighted by atomic mass is 10.0. The highest BCUT2D eigenvalue weighted by Gasteiger charge is 2.30. The van der Waals surface area contributed by atoms with E-state index >= 15 is 0 Å². The molecule has 0 aliphatic carbocycles. The fourth-order valence-corrected chi connectivity index (χ4v) is 13.6. The van der Waals surface area contributed by atoms with Crippen molar-refractivity contribution in [2.45, 2.75) is 432 Å². The van der Waals surface area contributed by atoms with Crippen molar-refractivity contribution in [1.29, 1.82) is 0 Å². The molecule has 0 saturated heterocycles. The van der Waals surface area contributed by atoms with Gasteiger partial charge in [0.05, 0.1) is 26.4 Å². The summed E-state index contributed by atoms with van der Waals surface area (Å²) in [5.41, 5.74) is 0. The molecule has 97 heavy (non-hydrogen) atoms. The van der Waals surface area contributed by atoms with Gasteiger partial charge in [-0.3, -0.25) is 37.3 Å². The van der Waals surface area contributed by atoms with Gasteiger partial charge in [-0.1, -0.05) is 362 Å². The summed E-state index contributed by atoms with van der Waals surface area (Å²) in [5.74, 6) is -1.38. The number of carbonyl (C=O) groups excluding carboxylic acids is 4. The first-order valence-corrected chi connectivity index (χ1v) is 43.6. The largest absolute Gasteiger partial charge is 0.472 e. The van der Waals surface area contributed by atoms with Crippen molar-refractivity contribution < 1.29 is 80.2 Å². The van der Waals surface area contributed by atoms with Crippen LogP contribution in [0, 0.1) is 5.92 Å². The summed E-state index contributed by atoms with van der Waals surface area (Å²) >= 11 is 0. The molecule has 19 heteroatoms. The van der Waals surface area contributed by atoms with Crippen LogP contribution in [0.1, 0.15) is 413 Å². The first kappa shape index (κ1) is 95.1. The van der Waals surface area contributed by atoms with Crippen LogP contribution in [0.25, 0.3) is 0 Å². The van der Waals surface area contributed by atoms with Crippen molar-refractivity contribution in [2.75, 3.05) is 39.6 Å². The molecule has 0 fully saturated rings. The van der Waals surface area contributed by atoms with Crippen LogP contribution >= 0.6 is 15.6 Å². The number of aliphatic hydroxyl groups is 1. The summed E-state index contributed by atoms with van der Waals surface area (Å²) in [4.78, 5) is 72.7. The van der Waals surface area contributed by atoms with Gasteiger partial charge in [-0.15, -0.1) is 0 Å². The predicted molar refractivity (Wildman–Crippen MR) is 395 cm³/mol. The number of aliphatic hydroxyl groups excluding tert-OH is 1. The van der Waals surface area contributed by atoms with Crippen LogP contribution in [0.3, 0.4) is 0 Å². The zero-order valence-corrected chi connectivity index (χ0v) is 65.0. The lowest BCUT2D eigenvalue weighted by Crippen LogP contribution is -2.30. The second-order valence-electron chi connectivity index (χ2n) is 28.6. The van der Waals surface area contributed by atoms with Crippen LogP contribution in [0.4, 0.5) is 0 Å². The monoisotopic (exact) mass is 1420 g/mol. The molecule has 3 N–H and O–H groups in total. The van der Waals surface area contributed by atoms with Crippen molar-refractivity contribution in [2.24, 2.45) is 5.92 Å². The Bertz CT molecular complexity index is 1860. The lowest BCUT2D eigenvalue weighted by molar-refractivity contribution is -0.161. The van der Waals surface area contributed by atoms with E-state index in [-0.39, 0.29) is 25.7 Å². The van der Waals surface area contributed by atoms with E-state index in [2.05, 4.69) is 34.6 Å². The molecular formula is C78H152O17P2. The van der Waals surface area contributed by atoms with Gasteiger partial charge in [0, 0.05) is 25.7 Å². The number of unbranched alkanes of at least 4 members (excludes halogenated alkanes) is 50. The summed E-state index contributed by atoms with van der Waals surface area (Å²) in [6.07, 6.45) is 61.4. The van der Waals surface area contributed by atoms with Crippen molar-refractivity contribution in [3.05, 3.63) is 0 Å². The smallest absolute Gasteiger partial charge is 0.462 e. The lowest BCUT2D eigenvalue weighted by Gasteiger charge is -2.21. The van der Waals surface area contributed by atoms with E-state index in [4.69, 9.17) is 37.0 Å². The van der Waals surface area contributed by atoms with E-state index in [1.807, 2.05) is 0 Å². The molecule has 0 aliphatic heterocycles. The normalized spacial score (nSPS) is 13.9. The molecule has 0 amide bonds. The van der Waals surface area contributed by atoms with E-state index < -0.39 is 97.5 Å². The highest BCUT2D eigenvalue weighted by atomic mass is 31.2. The Hall–Kier alpha value is -1.94. The number of phosphoric ester groups is 2. The van der Waals surface area contributed by atoms with Crippen LogP contribution in [0.15, 0.2) is 0 Å². The third-order valence-corrected chi connectivity index (χ3v) is 20.2. The number of hydrogen-bond donors (Lipinski definition) is 3. The van der Waals surface area contributed by atoms with E-state index in [1.165, 1.54) is 225 Å². The summed E-state index contributed by atoms with van der Waals surface area (Å²) < 4.78 is 68.5. The number of esters is 4. The number of rotatable bonds is 78. The molecule has 0 heterocycles. The number of carbonyl (C=O) groups is 4. The van der Waals surface area contributed by atoms with Gasteiger partial charge < -0.3 is 33.8 Å². The molecule has 0 spiro atoms. The summed E-state index contributed by atoms with van der Waals surface area (Å²) in [7, 11) is -9.91. The molecule has 0 aliphatic rings. The van der Waals surface area contributed by atoms with Crippen LogP contribution in [0.2, 0.25) is 0 Å². The van der Waals surface area contributed by atoms with Crippen LogP contribution < -0.4 is 0 Å². The van der Waals surface area contributed by atoms with E-state index in [9.17, 15) is 43.2 Å². The molecule has 576 valence electrons. The Balaban J connectivity index is 5.16. The molecule has 17 nitrogen and oxygen atoms in total. The molecule has 0 radical (unpaired) electrons. The van der Waals surface area contributed by atoms with Gasteiger partial charge >= 0.3 is 39.5 Å². The zero-order valence-electron chi connectivity index (χ0n) is 63.2. The average molecular weight is 1420 g/mol. The van der Waals surface area contributed by atoms with Crippen molar-refractivity contribution >= 4 is 39.5 Å². The van der Waals surface area contributed by atoms with E-state index in [1.54, 1.807) is 0 Å². The summed E-state index contributed by atoms with van der Waals surface area (Å²) in [6.45, 7) is 7.24. The topological polar surface area (TPSA) is 237 Å². The Kier molecular flexibility index (Phi) is 69.6. The molecule has 0 bridgehead atoms. The third-order valence-electron chi connectivity index (χ3n) is 18.3. The number of ether oxygens (including phenoxy) is 4. The van der Waals surface area contributed by atoms with Crippen molar-refractivity contribution in [1.82, 2.24) is 0 Å². The molecule has 0 aromatic carbocycles. The van der Waals surface area contributed by atoms with Gasteiger partial charge in [-0.05, 0) is 31.6 Å². The minimum absolute atomic E-state index is 0.105. The van der Waals surface area contributed by atoms with Gasteiger partial charge in [0.1, 0.15) is 19.3 Å². The predicted octanol–water partition coefficient (Wildman–Crippen LogP) is 23.3.